The maximum Gasteiger partial charge on any atom is 0.331 e. The highest BCUT2D eigenvalue weighted by atomic mass is 16.5. The van der Waals surface area contributed by atoms with Crippen LogP contribution in [0.3, 0.4) is 0 Å². The lowest BCUT2D eigenvalue weighted by Crippen LogP contribution is -2.60. The highest BCUT2D eigenvalue weighted by Gasteiger charge is 2.66. The van der Waals surface area contributed by atoms with Gasteiger partial charge in [-0.25, -0.2) is 4.79 Å². The summed E-state index contributed by atoms with van der Waals surface area (Å²) in [6, 6.07) is 0. The first kappa shape index (κ1) is 19.5. The second-order valence-corrected chi connectivity index (χ2v) is 10.2. The fraction of sp³-hybridized carbons (Fsp3) is 0.739. The van der Waals surface area contributed by atoms with E-state index in [4.69, 9.17) is 4.74 Å². The SMILES string of the molecule is C[C@]12CC[C@@H]3C(=CC[C@H]4C[C@@H](O)[C@H](O)C[C@@]43C=O)[C@@]1(O)CC[C@@H]2C1=CC(=O)OC1. The molecule has 6 heteroatoms. The molecule has 0 radical (unpaired) electrons. The Labute approximate surface area is 170 Å². The molecule has 3 saturated carbocycles. The number of fused-ring (bicyclic) bond motifs is 5. The number of aldehydes is 1. The molecule has 4 aliphatic carbocycles. The highest BCUT2D eigenvalue weighted by molar-refractivity contribution is 5.85. The van der Waals surface area contributed by atoms with Gasteiger partial charge in [0.05, 0.1) is 17.8 Å². The molecule has 0 unspecified atom stereocenters. The van der Waals surface area contributed by atoms with Gasteiger partial charge < -0.3 is 24.9 Å². The minimum absolute atomic E-state index is 0.000804. The molecule has 3 fully saturated rings. The first-order chi connectivity index (χ1) is 13.7. The zero-order valence-electron chi connectivity index (χ0n) is 16.8. The molecule has 0 aromatic carbocycles. The van der Waals surface area contributed by atoms with Crippen LogP contribution >= 0.6 is 0 Å². The third kappa shape index (κ3) is 2.39. The smallest absolute Gasteiger partial charge is 0.331 e. The van der Waals surface area contributed by atoms with Crippen molar-refractivity contribution in [2.75, 3.05) is 6.61 Å². The fourth-order valence-corrected chi connectivity index (χ4v) is 7.61. The fourth-order valence-electron chi connectivity index (χ4n) is 7.61. The van der Waals surface area contributed by atoms with E-state index in [-0.39, 0.29) is 30.1 Å². The van der Waals surface area contributed by atoms with Crippen molar-refractivity contribution in [3.63, 3.8) is 0 Å². The van der Waals surface area contributed by atoms with Gasteiger partial charge in [0.2, 0.25) is 0 Å². The molecule has 0 amide bonds. The van der Waals surface area contributed by atoms with E-state index < -0.39 is 28.6 Å². The van der Waals surface area contributed by atoms with Crippen LogP contribution in [-0.4, -0.2) is 52.0 Å². The summed E-state index contributed by atoms with van der Waals surface area (Å²) in [7, 11) is 0. The Balaban J connectivity index is 1.54. The van der Waals surface area contributed by atoms with Gasteiger partial charge in [-0.3, -0.25) is 0 Å². The van der Waals surface area contributed by atoms with Gasteiger partial charge in [-0.2, -0.15) is 0 Å². The van der Waals surface area contributed by atoms with Crippen molar-refractivity contribution in [2.45, 2.75) is 69.7 Å². The van der Waals surface area contributed by atoms with Crippen molar-refractivity contribution in [1.82, 2.24) is 0 Å². The molecule has 6 nitrogen and oxygen atoms in total. The standard InChI is InChI=1S/C23H30O6/c1-21-6-4-16-17(3-2-14-9-18(25)19(26)10-22(14,16)12-24)23(21,28)7-5-15(21)13-8-20(27)29-11-13/h3,8,12,14-16,18-19,25-26,28H,2,4-7,9-11H2,1H3/t14-,15+,16+,18+,19+,21+,22+,23-/m0/s1. The Hall–Kier alpha value is -1.50. The molecular formula is C23H30O6. The van der Waals surface area contributed by atoms with Gasteiger partial charge in [-0.05, 0) is 73.8 Å². The molecule has 8 atom stereocenters. The van der Waals surface area contributed by atoms with Crippen molar-refractivity contribution in [3.05, 3.63) is 23.3 Å². The predicted octanol–water partition coefficient (Wildman–Crippen LogP) is 1.67. The minimum atomic E-state index is -1.02. The van der Waals surface area contributed by atoms with E-state index in [0.717, 1.165) is 36.7 Å². The maximum atomic E-state index is 12.4. The number of carbonyl (C=O) groups is 2. The van der Waals surface area contributed by atoms with E-state index in [1.807, 2.05) is 0 Å². The number of cyclic esters (lactones) is 1. The number of allylic oxidation sites excluding steroid dienone is 1. The third-order valence-corrected chi connectivity index (χ3v) is 9.23. The van der Waals surface area contributed by atoms with E-state index >= 15 is 0 Å². The molecule has 3 N–H and O–H groups in total. The highest BCUT2D eigenvalue weighted by Crippen LogP contribution is 2.68. The van der Waals surface area contributed by atoms with Crippen LogP contribution in [0.25, 0.3) is 0 Å². The molecule has 5 aliphatic rings. The van der Waals surface area contributed by atoms with Crippen LogP contribution in [0.2, 0.25) is 0 Å². The van der Waals surface area contributed by atoms with Crippen molar-refractivity contribution in [3.8, 4) is 0 Å². The van der Waals surface area contributed by atoms with E-state index in [1.165, 1.54) is 0 Å². The van der Waals surface area contributed by atoms with Crippen molar-refractivity contribution >= 4 is 12.3 Å². The second kappa shape index (κ2) is 6.25. The average molecular weight is 402 g/mol. The van der Waals surface area contributed by atoms with Gasteiger partial charge in [0.1, 0.15) is 12.9 Å². The van der Waals surface area contributed by atoms with E-state index in [9.17, 15) is 24.9 Å². The number of aliphatic hydroxyl groups excluding tert-OH is 2. The van der Waals surface area contributed by atoms with Crippen molar-refractivity contribution < 1.29 is 29.6 Å². The quantitative estimate of drug-likeness (QED) is 0.369. The largest absolute Gasteiger partial charge is 0.458 e. The maximum absolute atomic E-state index is 12.4. The number of ether oxygens (including phenoxy) is 1. The van der Waals surface area contributed by atoms with Crippen LogP contribution in [0.5, 0.6) is 0 Å². The first-order valence-corrected chi connectivity index (χ1v) is 10.9. The van der Waals surface area contributed by atoms with Crippen molar-refractivity contribution in [2.24, 2.45) is 28.6 Å². The topological polar surface area (TPSA) is 104 Å². The molecule has 0 spiro atoms. The van der Waals surface area contributed by atoms with Crippen LogP contribution in [0.1, 0.15) is 51.9 Å². The summed E-state index contributed by atoms with van der Waals surface area (Å²) >= 11 is 0. The lowest BCUT2D eigenvalue weighted by molar-refractivity contribution is -0.152. The molecule has 0 aromatic rings. The number of esters is 1. The van der Waals surface area contributed by atoms with Gasteiger partial charge in [0, 0.05) is 16.9 Å². The van der Waals surface area contributed by atoms with Gasteiger partial charge in [0.25, 0.3) is 0 Å². The Morgan fingerprint density at radius 1 is 1.17 bits per heavy atom. The van der Waals surface area contributed by atoms with Crippen LogP contribution < -0.4 is 0 Å². The molecule has 0 saturated heterocycles. The second-order valence-electron chi connectivity index (χ2n) is 10.2. The van der Waals surface area contributed by atoms with Crippen LogP contribution in [0, 0.1) is 28.6 Å². The Morgan fingerprint density at radius 2 is 1.93 bits per heavy atom. The average Bonchev–Trinajstić information content (AvgIpc) is 3.23. The summed E-state index contributed by atoms with van der Waals surface area (Å²) < 4.78 is 5.14. The van der Waals surface area contributed by atoms with Gasteiger partial charge >= 0.3 is 5.97 Å². The molecule has 1 aliphatic heterocycles. The zero-order chi connectivity index (χ0) is 20.6. The van der Waals surface area contributed by atoms with E-state index in [2.05, 4.69) is 13.0 Å². The minimum Gasteiger partial charge on any atom is -0.458 e. The lowest BCUT2D eigenvalue weighted by Gasteiger charge is -2.59. The monoisotopic (exact) mass is 402 g/mol. The van der Waals surface area contributed by atoms with Gasteiger partial charge in [0.15, 0.2) is 0 Å². The van der Waals surface area contributed by atoms with Crippen molar-refractivity contribution in [1.29, 1.82) is 0 Å². The summed E-state index contributed by atoms with van der Waals surface area (Å²) in [6.45, 7) is 2.42. The molecular weight excluding hydrogens is 372 g/mol. The zero-order valence-corrected chi connectivity index (χ0v) is 16.8. The summed E-state index contributed by atoms with van der Waals surface area (Å²) in [4.78, 5) is 24.1. The number of hydrogen-bond acceptors (Lipinski definition) is 6. The molecule has 29 heavy (non-hydrogen) atoms. The number of hydrogen-bond donors (Lipinski definition) is 3. The number of carbonyl (C=O) groups excluding carboxylic acids is 2. The summed E-state index contributed by atoms with van der Waals surface area (Å²) in [5, 5.41) is 32.6. The molecule has 0 bridgehead atoms. The van der Waals surface area contributed by atoms with Gasteiger partial charge in [-0.15, -0.1) is 0 Å². The molecule has 158 valence electrons. The third-order valence-electron chi connectivity index (χ3n) is 9.23. The van der Waals surface area contributed by atoms with Gasteiger partial charge in [-0.1, -0.05) is 13.0 Å². The molecule has 1 heterocycles. The number of rotatable bonds is 2. The van der Waals surface area contributed by atoms with Crippen LogP contribution in [-0.2, 0) is 14.3 Å². The number of aliphatic hydroxyl groups is 3. The normalized spacial score (nSPS) is 51.3. The molecule has 5 rings (SSSR count). The summed E-state index contributed by atoms with van der Waals surface area (Å²) in [5.74, 6) is -0.319. The Kier molecular flexibility index (Phi) is 4.20. The summed E-state index contributed by atoms with van der Waals surface area (Å²) in [5.41, 5.74) is -0.216. The first-order valence-electron chi connectivity index (χ1n) is 10.9. The lowest BCUT2D eigenvalue weighted by atomic mass is 9.46. The Bertz CT molecular complexity index is 816. The van der Waals surface area contributed by atoms with E-state index in [0.29, 0.717) is 25.9 Å². The van der Waals surface area contributed by atoms with E-state index in [1.54, 1.807) is 6.08 Å². The Morgan fingerprint density at radius 3 is 2.62 bits per heavy atom. The summed E-state index contributed by atoms with van der Waals surface area (Å²) in [6.07, 6.45) is 7.26. The van der Waals surface area contributed by atoms with Crippen LogP contribution in [0.4, 0.5) is 0 Å². The van der Waals surface area contributed by atoms with Crippen LogP contribution in [0.15, 0.2) is 23.3 Å². The molecule has 0 aromatic heterocycles. The predicted molar refractivity (Wildman–Crippen MR) is 103 cm³/mol.